The van der Waals surface area contributed by atoms with E-state index < -0.39 is 0 Å². The van der Waals surface area contributed by atoms with Crippen LogP contribution in [0.4, 0.5) is 0 Å². The molecule has 1 unspecified atom stereocenters. The molecule has 0 aliphatic carbocycles. The van der Waals surface area contributed by atoms with Crippen molar-refractivity contribution in [3.63, 3.8) is 0 Å². The molecule has 1 aromatic rings. The molecule has 0 amide bonds. The minimum Gasteiger partial charge on any atom is -0.302 e. The fourth-order valence-corrected chi connectivity index (χ4v) is 1.95. The van der Waals surface area contributed by atoms with E-state index in [0.29, 0.717) is 0 Å². The maximum absolute atomic E-state index is 6.33. The van der Waals surface area contributed by atoms with Gasteiger partial charge in [-0.2, -0.15) is 0 Å². The highest BCUT2D eigenvalue weighted by Crippen LogP contribution is 2.23. The Hall–Kier alpha value is -0.240. The Morgan fingerprint density at radius 1 is 1.13 bits per heavy atom. The third-order valence-electron chi connectivity index (χ3n) is 2.54. The summed E-state index contributed by atoms with van der Waals surface area (Å²) >= 11 is 12.1. The van der Waals surface area contributed by atoms with Crippen LogP contribution in [0.15, 0.2) is 24.3 Å². The van der Waals surface area contributed by atoms with Gasteiger partial charge in [0.25, 0.3) is 0 Å². The van der Waals surface area contributed by atoms with Crippen molar-refractivity contribution >= 4 is 23.2 Å². The lowest BCUT2D eigenvalue weighted by atomic mass is 10.1. The van der Waals surface area contributed by atoms with E-state index in [1.54, 1.807) is 0 Å². The average molecular weight is 246 g/mol. The van der Waals surface area contributed by atoms with E-state index >= 15 is 0 Å². The number of hydrogen-bond acceptors (Lipinski definition) is 1. The highest BCUT2D eigenvalue weighted by molar-refractivity contribution is 6.30. The lowest BCUT2D eigenvalue weighted by Gasteiger charge is -2.21. The van der Waals surface area contributed by atoms with Crippen LogP contribution in [0, 0.1) is 0 Å². The number of nitrogens with zero attached hydrogens (tertiary/aromatic N) is 1. The topological polar surface area (TPSA) is 3.24 Å². The number of halogens is 2. The molecule has 0 saturated heterocycles. The molecule has 3 heteroatoms. The fraction of sp³-hybridized carbons (Fsp3) is 0.500. The number of benzene rings is 1. The summed E-state index contributed by atoms with van der Waals surface area (Å²) in [4.78, 5) is 2.31. The summed E-state index contributed by atoms with van der Waals surface area (Å²) in [6.45, 7) is 7.25. The van der Waals surface area contributed by atoms with Crippen LogP contribution >= 0.6 is 23.2 Å². The van der Waals surface area contributed by atoms with Gasteiger partial charge in [0.05, 0.1) is 5.38 Å². The zero-order chi connectivity index (χ0) is 11.3. The minimum atomic E-state index is 0.0437. The van der Waals surface area contributed by atoms with Gasteiger partial charge in [-0.15, -0.1) is 11.6 Å². The molecule has 0 radical (unpaired) electrons. The molecule has 1 nitrogen and oxygen atoms in total. The van der Waals surface area contributed by atoms with Crippen molar-refractivity contribution in [2.75, 3.05) is 19.6 Å². The Bertz CT molecular complexity index is 280. The molecule has 0 bridgehead atoms. The number of hydrogen-bond donors (Lipinski definition) is 0. The molecule has 0 saturated carbocycles. The lowest BCUT2D eigenvalue weighted by Crippen LogP contribution is -2.26. The van der Waals surface area contributed by atoms with Crippen molar-refractivity contribution in [2.24, 2.45) is 0 Å². The SMILES string of the molecule is CCN(CC)CC(Cl)c1ccc(Cl)cc1. The molecule has 0 heterocycles. The van der Waals surface area contributed by atoms with Crippen LogP contribution in [-0.2, 0) is 0 Å². The Morgan fingerprint density at radius 2 is 1.67 bits per heavy atom. The summed E-state index contributed by atoms with van der Waals surface area (Å²) in [6.07, 6.45) is 0. The van der Waals surface area contributed by atoms with Gasteiger partial charge < -0.3 is 4.90 Å². The van der Waals surface area contributed by atoms with Crippen LogP contribution in [0.1, 0.15) is 24.8 Å². The van der Waals surface area contributed by atoms with Gasteiger partial charge in [-0.1, -0.05) is 37.6 Å². The quantitative estimate of drug-likeness (QED) is 0.711. The van der Waals surface area contributed by atoms with Crippen molar-refractivity contribution < 1.29 is 0 Å². The van der Waals surface area contributed by atoms with E-state index in [4.69, 9.17) is 23.2 Å². The Balaban J connectivity index is 2.60. The van der Waals surface area contributed by atoms with Crippen molar-refractivity contribution in [1.82, 2.24) is 4.90 Å². The van der Waals surface area contributed by atoms with E-state index in [2.05, 4.69) is 18.7 Å². The van der Waals surface area contributed by atoms with E-state index in [0.717, 1.165) is 30.2 Å². The molecule has 0 spiro atoms. The van der Waals surface area contributed by atoms with Gasteiger partial charge in [0, 0.05) is 11.6 Å². The highest BCUT2D eigenvalue weighted by atomic mass is 35.5. The molecule has 0 fully saturated rings. The molecule has 1 rings (SSSR count). The first kappa shape index (κ1) is 12.8. The molecule has 0 N–H and O–H groups in total. The minimum absolute atomic E-state index is 0.0437. The molecule has 0 aromatic heterocycles. The first-order valence-electron chi connectivity index (χ1n) is 5.29. The third kappa shape index (κ3) is 4.02. The van der Waals surface area contributed by atoms with Gasteiger partial charge in [-0.25, -0.2) is 0 Å². The molecule has 0 aliphatic rings. The van der Waals surface area contributed by atoms with Crippen molar-refractivity contribution in [3.8, 4) is 0 Å². The normalized spacial score (nSPS) is 13.1. The lowest BCUT2D eigenvalue weighted by molar-refractivity contribution is 0.304. The molecule has 1 aromatic carbocycles. The van der Waals surface area contributed by atoms with Crippen LogP contribution in [0.3, 0.4) is 0 Å². The van der Waals surface area contributed by atoms with Gasteiger partial charge in [0.15, 0.2) is 0 Å². The van der Waals surface area contributed by atoms with Gasteiger partial charge >= 0.3 is 0 Å². The second-order valence-corrected chi connectivity index (χ2v) is 4.47. The molecule has 15 heavy (non-hydrogen) atoms. The Kier molecular flexibility index (Phi) is 5.44. The summed E-state index contributed by atoms with van der Waals surface area (Å²) in [5, 5.41) is 0.799. The molecular weight excluding hydrogens is 229 g/mol. The largest absolute Gasteiger partial charge is 0.302 e. The molecule has 0 aliphatic heterocycles. The average Bonchev–Trinajstić information content (AvgIpc) is 2.26. The first-order valence-corrected chi connectivity index (χ1v) is 6.10. The van der Waals surface area contributed by atoms with Gasteiger partial charge in [0.1, 0.15) is 0 Å². The highest BCUT2D eigenvalue weighted by Gasteiger charge is 2.11. The summed E-state index contributed by atoms with van der Waals surface area (Å²) in [7, 11) is 0. The van der Waals surface area contributed by atoms with Crippen molar-refractivity contribution in [3.05, 3.63) is 34.9 Å². The van der Waals surface area contributed by atoms with E-state index in [-0.39, 0.29) is 5.38 Å². The predicted molar refractivity (Wildman–Crippen MR) is 67.8 cm³/mol. The van der Waals surface area contributed by atoms with Gasteiger partial charge in [-0.05, 0) is 30.8 Å². The zero-order valence-corrected chi connectivity index (χ0v) is 10.7. The smallest absolute Gasteiger partial charge is 0.0712 e. The number of rotatable bonds is 5. The maximum Gasteiger partial charge on any atom is 0.0712 e. The number of alkyl halides is 1. The second kappa shape index (κ2) is 6.37. The third-order valence-corrected chi connectivity index (χ3v) is 3.19. The van der Waals surface area contributed by atoms with Crippen LogP contribution < -0.4 is 0 Å². The van der Waals surface area contributed by atoms with Gasteiger partial charge in [0.2, 0.25) is 0 Å². The van der Waals surface area contributed by atoms with Crippen LogP contribution in [-0.4, -0.2) is 24.5 Å². The van der Waals surface area contributed by atoms with Crippen LogP contribution in [0.5, 0.6) is 0 Å². The standard InChI is InChI=1S/C12H17Cl2N/c1-3-15(4-2)9-12(14)10-5-7-11(13)8-6-10/h5-8,12H,3-4,9H2,1-2H3. The fourth-order valence-electron chi connectivity index (χ4n) is 1.49. The first-order chi connectivity index (χ1) is 7.17. The second-order valence-electron chi connectivity index (χ2n) is 3.50. The van der Waals surface area contributed by atoms with E-state index in [9.17, 15) is 0 Å². The van der Waals surface area contributed by atoms with Crippen molar-refractivity contribution in [1.29, 1.82) is 0 Å². The van der Waals surface area contributed by atoms with E-state index in [1.165, 1.54) is 0 Å². The van der Waals surface area contributed by atoms with Crippen LogP contribution in [0.2, 0.25) is 5.02 Å². The maximum atomic E-state index is 6.33. The molecule has 1 atom stereocenters. The summed E-state index contributed by atoms with van der Waals surface area (Å²) in [5.41, 5.74) is 1.13. The summed E-state index contributed by atoms with van der Waals surface area (Å²) in [6, 6.07) is 7.75. The van der Waals surface area contributed by atoms with Crippen molar-refractivity contribution in [2.45, 2.75) is 19.2 Å². The van der Waals surface area contributed by atoms with Gasteiger partial charge in [-0.3, -0.25) is 0 Å². The zero-order valence-electron chi connectivity index (χ0n) is 9.21. The Labute approximate surface area is 102 Å². The monoisotopic (exact) mass is 245 g/mol. The molecule has 84 valence electrons. The summed E-state index contributed by atoms with van der Waals surface area (Å²) in [5.74, 6) is 0. The summed E-state index contributed by atoms with van der Waals surface area (Å²) < 4.78 is 0. The van der Waals surface area contributed by atoms with Crippen LogP contribution in [0.25, 0.3) is 0 Å². The Morgan fingerprint density at radius 3 is 2.13 bits per heavy atom. The number of likely N-dealkylation sites (N-methyl/N-ethyl adjacent to an activating group) is 1. The van der Waals surface area contributed by atoms with E-state index in [1.807, 2.05) is 24.3 Å². The molecular formula is C12H17Cl2N. The predicted octanol–water partition coefficient (Wildman–Crippen LogP) is 3.96.